The summed E-state index contributed by atoms with van der Waals surface area (Å²) in [4.78, 5) is 16.4. The van der Waals surface area contributed by atoms with Crippen LogP contribution < -0.4 is 5.32 Å². The lowest BCUT2D eigenvalue weighted by atomic mass is 9.72. The van der Waals surface area contributed by atoms with Crippen molar-refractivity contribution in [2.75, 3.05) is 6.54 Å². The van der Waals surface area contributed by atoms with E-state index in [9.17, 15) is 4.79 Å². The monoisotopic (exact) mass is 436 g/mol. The molecule has 2 aliphatic heterocycles. The van der Waals surface area contributed by atoms with Crippen LogP contribution in [0.2, 0.25) is 0 Å². The van der Waals surface area contributed by atoms with Crippen LogP contribution in [-0.2, 0) is 9.53 Å². The normalized spacial score (nSPS) is 23.6. The summed E-state index contributed by atoms with van der Waals surface area (Å²) in [5.41, 5.74) is -1.32. The minimum absolute atomic E-state index is 0.117. The van der Waals surface area contributed by atoms with Crippen molar-refractivity contribution in [1.82, 2.24) is 10.2 Å². The van der Waals surface area contributed by atoms with Crippen molar-refractivity contribution in [3.05, 3.63) is 0 Å². The van der Waals surface area contributed by atoms with Crippen LogP contribution in [0.3, 0.4) is 0 Å². The van der Waals surface area contributed by atoms with Crippen LogP contribution in [0.5, 0.6) is 0 Å². The van der Waals surface area contributed by atoms with Crippen LogP contribution in [0.15, 0.2) is 0 Å². The lowest BCUT2D eigenvalue weighted by Crippen LogP contribution is -2.65. The Hall–Kier alpha value is -0.610. The van der Waals surface area contributed by atoms with Gasteiger partial charge in [0.1, 0.15) is 5.72 Å². The number of piperidine rings is 1. The van der Waals surface area contributed by atoms with Gasteiger partial charge in [0.05, 0.1) is 0 Å². The average molecular weight is 437 g/mol. The first-order valence-corrected chi connectivity index (χ1v) is 13.4. The van der Waals surface area contributed by atoms with Crippen LogP contribution in [0.25, 0.3) is 0 Å². The van der Waals surface area contributed by atoms with Gasteiger partial charge in [0.15, 0.2) is 5.60 Å². The molecule has 0 atom stereocenters. The lowest BCUT2D eigenvalue weighted by molar-refractivity contribution is -0.176. The molecule has 182 valence electrons. The molecule has 31 heavy (non-hydrogen) atoms. The van der Waals surface area contributed by atoms with E-state index >= 15 is 0 Å². The summed E-state index contributed by atoms with van der Waals surface area (Å²) >= 11 is 0. The van der Waals surface area contributed by atoms with Gasteiger partial charge in [-0.25, -0.2) is 0 Å². The Morgan fingerprint density at radius 3 is 1.74 bits per heavy atom. The Kier molecular flexibility index (Phi) is 9.46. The van der Waals surface area contributed by atoms with Crippen molar-refractivity contribution < 1.29 is 9.53 Å². The standard InChI is InChI=1S/C27H52N2O2/c1-8-11-14-17-20-29-23(30)26(21-24(4,5)28-25(6,7)22-26)31-27(29,18-15-12-9-2)19-16-13-10-3/h28H,8-22H2,1-7H3. The molecule has 0 aliphatic carbocycles. The van der Waals surface area contributed by atoms with Gasteiger partial charge in [0, 0.05) is 30.5 Å². The van der Waals surface area contributed by atoms with E-state index in [4.69, 9.17) is 4.74 Å². The number of nitrogens with zero attached hydrogens (tertiary/aromatic N) is 1. The number of hydrogen-bond acceptors (Lipinski definition) is 3. The molecule has 0 aromatic heterocycles. The van der Waals surface area contributed by atoms with Crippen LogP contribution in [0.1, 0.15) is 138 Å². The second-order valence-corrected chi connectivity index (χ2v) is 11.7. The number of rotatable bonds is 13. The van der Waals surface area contributed by atoms with Crippen molar-refractivity contribution >= 4 is 5.91 Å². The van der Waals surface area contributed by atoms with Crippen LogP contribution >= 0.6 is 0 Å². The fourth-order valence-electron chi connectivity index (χ4n) is 6.41. The Morgan fingerprint density at radius 2 is 1.26 bits per heavy atom. The molecular formula is C27H52N2O2. The van der Waals surface area contributed by atoms with E-state index in [1.807, 2.05) is 0 Å². The third kappa shape index (κ3) is 6.69. The minimum atomic E-state index is -0.679. The third-order valence-corrected chi connectivity index (χ3v) is 7.22. The number of unbranched alkanes of at least 4 members (excludes halogenated alkanes) is 7. The topological polar surface area (TPSA) is 41.6 Å². The van der Waals surface area contributed by atoms with Crippen LogP contribution in [-0.4, -0.2) is 39.8 Å². The second kappa shape index (κ2) is 11.0. The van der Waals surface area contributed by atoms with Crippen molar-refractivity contribution in [2.45, 2.75) is 161 Å². The molecule has 2 aliphatic rings. The zero-order valence-electron chi connectivity index (χ0n) is 21.9. The van der Waals surface area contributed by atoms with Gasteiger partial charge in [-0.2, -0.15) is 0 Å². The summed E-state index contributed by atoms with van der Waals surface area (Å²) in [7, 11) is 0. The predicted octanol–water partition coefficient (Wildman–Crippen LogP) is 6.96. The van der Waals surface area contributed by atoms with Gasteiger partial charge in [-0.05, 0) is 59.8 Å². The highest BCUT2D eigenvalue weighted by Crippen LogP contribution is 2.50. The summed E-state index contributed by atoms with van der Waals surface area (Å²) < 4.78 is 7.16. The molecule has 0 unspecified atom stereocenters. The molecule has 0 bridgehead atoms. The van der Waals surface area contributed by atoms with Crippen molar-refractivity contribution in [1.29, 1.82) is 0 Å². The van der Waals surface area contributed by atoms with E-state index in [0.717, 1.165) is 51.5 Å². The number of amides is 1. The minimum Gasteiger partial charge on any atom is -0.339 e. The van der Waals surface area contributed by atoms with Crippen LogP contribution in [0, 0.1) is 0 Å². The maximum Gasteiger partial charge on any atom is 0.257 e. The maximum absolute atomic E-state index is 14.2. The largest absolute Gasteiger partial charge is 0.339 e. The van der Waals surface area contributed by atoms with E-state index in [1.165, 1.54) is 44.9 Å². The molecule has 0 saturated carbocycles. The fraction of sp³-hybridized carbons (Fsp3) is 0.963. The molecule has 1 amide bonds. The third-order valence-electron chi connectivity index (χ3n) is 7.22. The number of hydrogen-bond donors (Lipinski definition) is 1. The number of nitrogens with one attached hydrogen (secondary N) is 1. The Labute approximate surface area is 193 Å². The van der Waals surface area contributed by atoms with Gasteiger partial charge >= 0.3 is 0 Å². The first-order chi connectivity index (χ1) is 14.6. The molecule has 2 heterocycles. The highest BCUT2D eigenvalue weighted by atomic mass is 16.6. The molecule has 0 radical (unpaired) electrons. The molecule has 1 spiro atoms. The van der Waals surface area contributed by atoms with Gasteiger partial charge in [0.25, 0.3) is 5.91 Å². The van der Waals surface area contributed by atoms with E-state index < -0.39 is 11.3 Å². The quantitative estimate of drug-likeness (QED) is 0.317. The molecule has 4 heteroatoms. The first-order valence-electron chi connectivity index (χ1n) is 13.4. The predicted molar refractivity (Wildman–Crippen MR) is 131 cm³/mol. The van der Waals surface area contributed by atoms with Crippen molar-refractivity contribution in [3.8, 4) is 0 Å². The molecular weight excluding hydrogens is 384 g/mol. The molecule has 2 fully saturated rings. The van der Waals surface area contributed by atoms with E-state index in [2.05, 4.69) is 58.7 Å². The van der Waals surface area contributed by atoms with Gasteiger partial charge < -0.3 is 15.0 Å². The smallest absolute Gasteiger partial charge is 0.257 e. The maximum atomic E-state index is 14.2. The number of carbonyl (C=O) groups is 1. The van der Waals surface area contributed by atoms with E-state index in [1.54, 1.807) is 0 Å². The highest BCUT2D eigenvalue weighted by molar-refractivity contribution is 5.88. The lowest BCUT2D eigenvalue weighted by Gasteiger charge is -2.50. The summed E-state index contributed by atoms with van der Waals surface area (Å²) in [6.07, 6.45) is 15.4. The number of ether oxygens (including phenoxy) is 1. The molecule has 1 N–H and O–H groups in total. The van der Waals surface area contributed by atoms with Gasteiger partial charge in [-0.3, -0.25) is 4.79 Å². The average Bonchev–Trinajstić information content (AvgIpc) is 2.84. The summed E-state index contributed by atoms with van der Waals surface area (Å²) in [5, 5.41) is 3.76. The Bertz CT molecular complexity index is 544. The SMILES string of the molecule is CCCCCCN1C(=O)C2(CC(C)(C)NC(C)(C)C2)OC1(CCCCC)CCCCC. The second-order valence-electron chi connectivity index (χ2n) is 11.7. The summed E-state index contributed by atoms with van der Waals surface area (Å²) in [5.74, 6) is 0.277. The Balaban J connectivity index is 2.38. The van der Waals surface area contributed by atoms with E-state index in [-0.39, 0.29) is 17.0 Å². The van der Waals surface area contributed by atoms with Gasteiger partial charge in [0.2, 0.25) is 0 Å². The number of carbonyl (C=O) groups excluding carboxylic acids is 1. The molecule has 2 rings (SSSR count). The fourth-order valence-corrected chi connectivity index (χ4v) is 6.41. The zero-order valence-corrected chi connectivity index (χ0v) is 21.9. The van der Waals surface area contributed by atoms with Crippen molar-refractivity contribution in [2.24, 2.45) is 0 Å². The van der Waals surface area contributed by atoms with Crippen LogP contribution in [0.4, 0.5) is 0 Å². The van der Waals surface area contributed by atoms with Gasteiger partial charge in [-0.15, -0.1) is 0 Å². The Morgan fingerprint density at radius 1 is 0.774 bits per heavy atom. The van der Waals surface area contributed by atoms with Crippen molar-refractivity contribution in [3.63, 3.8) is 0 Å². The molecule has 4 nitrogen and oxygen atoms in total. The molecule has 2 saturated heterocycles. The first kappa shape index (κ1) is 26.6. The van der Waals surface area contributed by atoms with E-state index in [0.29, 0.717) is 0 Å². The zero-order chi connectivity index (χ0) is 23.2. The molecule has 0 aromatic rings. The highest BCUT2D eigenvalue weighted by Gasteiger charge is 2.64. The molecule has 0 aromatic carbocycles. The van der Waals surface area contributed by atoms with Gasteiger partial charge in [-0.1, -0.05) is 65.7 Å². The summed E-state index contributed by atoms with van der Waals surface area (Å²) in [6.45, 7) is 16.5. The summed E-state index contributed by atoms with van der Waals surface area (Å²) in [6, 6.07) is 0.